The fraction of sp³-hybridized carbons (Fsp3) is 0.917. The zero-order chi connectivity index (χ0) is 12.0. The molecule has 0 aromatic rings. The van der Waals surface area contributed by atoms with Gasteiger partial charge in [-0.1, -0.05) is 0 Å². The summed E-state index contributed by atoms with van der Waals surface area (Å²) < 4.78 is 0. The summed E-state index contributed by atoms with van der Waals surface area (Å²) in [4.78, 5) is 13.9. The topological polar surface area (TPSA) is 58.4 Å². The maximum absolute atomic E-state index is 11.6. The summed E-state index contributed by atoms with van der Waals surface area (Å²) in [5.41, 5.74) is 5.57. The molecule has 1 fully saturated rings. The number of amides is 1. The molecule has 5 heteroatoms. The summed E-state index contributed by atoms with van der Waals surface area (Å²) in [5, 5.41) is 2.93. The Balaban J connectivity index is 0.00000256. The van der Waals surface area contributed by atoms with E-state index in [1.807, 2.05) is 13.8 Å². The van der Waals surface area contributed by atoms with E-state index in [1.54, 1.807) is 0 Å². The number of carbonyl (C=O) groups excluding carboxylic acids is 1. The van der Waals surface area contributed by atoms with Gasteiger partial charge in [0.05, 0.1) is 6.54 Å². The number of hydrogen-bond donors (Lipinski definition) is 2. The van der Waals surface area contributed by atoms with Crippen molar-refractivity contribution in [2.75, 3.05) is 26.2 Å². The van der Waals surface area contributed by atoms with Gasteiger partial charge in [0.1, 0.15) is 0 Å². The Morgan fingerprint density at radius 3 is 2.82 bits per heavy atom. The molecule has 1 saturated heterocycles. The SMILES string of the molecule is CC(C)NC(=O)CN1CCCC(CCN)C1.Cl. The van der Waals surface area contributed by atoms with Gasteiger partial charge in [-0.3, -0.25) is 9.69 Å². The molecule has 1 heterocycles. The molecule has 1 atom stereocenters. The quantitative estimate of drug-likeness (QED) is 0.778. The van der Waals surface area contributed by atoms with Gasteiger partial charge < -0.3 is 11.1 Å². The van der Waals surface area contributed by atoms with Crippen LogP contribution in [0.5, 0.6) is 0 Å². The standard InChI is InChI=1S/C12H25N3O.ClH/c1-10(2)14-12(16)9-15-7-3-4-11(8-15)5-6-13;/h10-11H,3-9,13H2,1-2H3,(H,14,16);1H. The van der Waals surface area contributed by atoms with Crippen molar-refractivity contribution in [2.24, 2.45) is 11.7 Å². The lowest BCUT2D eigenvalue weighted by atomic mass is 9.95. The van der Waals surface area contributed by atoms with Gasteiger partial charge >= 0.3 is 0 Å². The highest BCUT2D eigenvalue weighted by molar-refractivity contribution is 5.85. The van der Waals surface area contributed by atoms with Crippen LogP contribution >= 0.6 is 12.4 Å². The molecule has 0 saturated carbocycles. The fourth-order valence-corrected chi connectivity index (χ4v) is 2.34. The molecule has 0 aromatic carbocycles. The molecular weight excluding hydrogens is 238 g/mol. The van der Waals surface area contributed by atoms with E-state index in [0.717, 1.165) is 26.1 Å². The molecule has 1 rings (SSSR count). The number of piperidine rings is 1. The molecule has 102 valence electrons. The van der Waals surface area contributed by atoms with E-state index < -0.39 is 0 Å². The van der Waals surface area contributed by atoms with Gasteiger partial charge in [0.25, 0.3) is 0 Å². The minimum Gasteiger partial charge on any atom is -0.353 e. The highest BCUT2D eigenvalue weighted by Gasteiger charge is 2.20. The summed E-state index contributed by atoms with van der Waals surface area (Å²) in [7, 11) is 0. The van der Waals surface area contributed by atoms with Crippen LogP contribution in [0.15, 0.2) is 0 Å². The number of halogens is 1. The van der Waals surface area contributed by atoms with E-state index in [9.17, 15) is 4.79 Å². The predicted octanol–water partition coefficient (Wildman–Crippen LogP) is 0.994. The van der Waals surface area contributed by atoms with Gasteiger partial charge in [-0.2, -0.15) is 0 Å². The second kappa shape index (κ2) is 8.72. The van der Waals surface area contributed by atoms with Crippen molar-refractivity contribution in [1.82, 2.24) is 10.2 Å². The van der Waals surface area contributed by atoms with Crippen LogP contribution in [0, 0.1) is 5.92 Å². The van der Waals surface area contributed by atoms with E-state index in [2.05, 4.69) is 10.2 Å². The van der Waals surface area contributed by atoms with Gasteiger partial charge in [0.2, 0.25) is 5.91 Å². The average Bonchev–Trinajstić information content (AvgIpc) is 2.17. The van der Waals surface area contributed by atoms with Crippen molar-refractivity contribution < 1.29 is 4.79 Å². The first-order valence-corrected chi connectivity index (χ1v) is 6.33. The van der Waals surface area contributed by atoms with Crippen molar-refractivity contribution in [3.05, 3.63) is 0 Å². The first-order chi connectivity index (χ1) is 7.61. The summed E-state index contributed by atoms with van der Waals surface area (Å²) in [6.45, 7) is 7.36. The van der Waals surface area contributed by atoms with Crippen LogP contribution in [-0.2, 0) is 4.79 Å². The van der Waals surface area contributed by atoms with Gasteiger partial charge in [-0.05, 0) is 52.1 Å². The van der Waals surface area contributed by atoms with Crippen LogP contribution in [0.2, 0.25) is 0 Å². The van der Waals surface area contributed by atoms with E-state index in [1.165, 1.54) is 12.8 Å². The third-order valence-electron chi connectivity index (χ3n) is 2.99. The number of carbonyl (C=O) groups is 1. The van der Waals surface area contributed by atoms with Crippen molar-refractivity contribution in [3.63, 3.8) is 0 Å². The number of hydrogen-bond acceptors (Lipinski definition) is 3. The third kappa shape index (κ3) is 6.86. The normalized spacial score (nSPS) is 21.1. The number of likely N-dealkylation sites (tertiary alicyclic amines) is 1. The molecule has 17 heavy (non-hydrogen) atoms. The lowest BCUT2D eigenvalue weighted by Crippen LogP contribution is -2.44. The summed E-state index contributed by atoms with van der Waals surface area (Å²) in [6, 6.07) is 0.233. The molecule has 0 spiro atoms. The van der Waals surface area contributed by atoms with Gasteiger partial charge in [0, 0.05) is 12.6 Å². The average molecular weight is 264 g/mol. The Bertz CT molecular complexity index is 222. The number of rotatable bonds is 5. The fourth-order valence-electron chi connectivity index (χ4n) is 2.34. The smallest absolute Gasteiger partial charge is 0.234 e. The van der Waals surface area contributed by atoms with Crippen molar-refractivity contribution in [2.45, 2.75) is 39.2 Å². The molecule has 1 unspecified atom stereocenters. The van der Waals surface area contributed by atoms with Crippen LogP contribution < -0.4 is 11.1 Å². The van der Waals surface area contributed by atoms with Gasteiger partial charge in [-0.15, -0.1) is 12.4 Å². The molecular formula is C12H26ClN3O. The monoisotopic (exact) mass is 263 g/mol. The van der Waals surface area contributed by atoms with E-state index in [4.69, 9.17) is 5.73 Å². The van der Waals surface area contributed by atoms with Crippen LogP contribution in [0.25, 0.3) is 0 Å². The van der Waals surface area contributed by atoms with Crippen molar-refractivity contribution >= 4 is 18.3 Å². The molecule has 4 nitrogen and oxygen atoms in total. The Morgan fingerprint density at radius 1 is 1.53 bits per heavy atom. The predicted molar refractivity (Wildman–Crippen MR) is 73.4 cm³/mol. The van der Waals surface area contributed by atoms with Crippen molar-refractivity contribution in [1.29, 1.82) is 0 Å². The van der Waals surface area contributed by atoms with E-state index >= 15 is 0 Å². The maximum atomic E-state index is 11.6. The Labute approximate surface area is 111 Å². The second-order valence-corrected chi connectivity index (χ2v) is 5.04. The first-order valence-electron chi connectivity index (χ1n) is 6.33. The van der Waals surface area contributed by atoms with E-state index in [0.29, 0.717) is 12.5 Å². The first kappa shape index (κ1) is 16.7. The lowest BCUT2D eigenvalue weighted by molar-refractivity contribution is -0.123. The van der Waals surface area contributed by atoms with E-state index in [-0.39, 0.29) is 24.4 Å². The molecule has 1 amide bonds. The number of nitrogens with one attached hydrogen (secondary N) is 1. The largest absolute Gasteiger partial charge is 0.353 e. The zero-order valence-electron chi connectivity index (χ0n) is 10.9. The highest BCUT2D eigenvalue weighted by Crippen LogP contribution is 2.18. The van der Waals surface area contributed by atoms with Gasteiger partial charge in [0.15, 0.2) is 0 Å². The summed E-state index contributed by atoms with van der Waals surface area (Å²) in [6.07, 6.45) is 3.54. The summed E-state index contributed by atoms with van der Waals surface area (Å²) in [5.74, 6) is 0.828. The minimum absolute atomic E-state index is 0. The molecule has 0 radical (unpaired) electrons. The van der Waals surface area contributed by atoms with Gasteiger partial charge in [-0.25, -0.2) is 0 Å². The number of nitrogens with two attached hydrogens (primary N) is 1. The zero-order valence-corrected chi connectivity index (χ0v) is 11.8. The molecule has 0 aromatic heterocycles. The molecule has 0 bridgehead atoms. The maximum Gasteiger partial charge on any atom is 0.234 e. The van der Waals surface area contributed by atoms with Crippen LogP contribution in [0.1, 0.15) is 33.1 Å². The van der Waals surface area contributed by atoms with Crippen LogP contribution in [-0.4, -0.2) is 43.0 Å². The minimum atomic E-state index is 0. The Hall–Kier alpha value is -0.320. The van der Waals surface area contributed by atoms with Crippen LogP contribution in [0.3, 0.4) is 0 Å². The highest BCUT2D eigenvalue weighted by atomic mass is 35.5. The van der Waals surface area contributed by atoms with Crippen LogP contribution in [0.4, 0.5) is 0 Å². The third-order valence-corrected chi connectivity index (χ3v) is 2.99. The Morgan fingerprint density at radius 2 is 2.24 bits per heavy atom. The second-order valence-electron chi connectivity index (χ2n) is 5.04. The van der Waals surface area contributed by atoms with Crippen molar-refractivity contribution in [3.8, 4) is 0 Å². The summed E-state index contributed by atoms with van der Waals surface area (Å²) >= 11 is 0. The molecule has 1 aliphatic rings. The molecule has 1 aliphatic heterocycles. The number of nitrogens with zero attached hydrogens (tertiary/aromatic N) is 1. The molecule has 3 N–H and O–H groups in total. The molecule has 0 aliphatic carbocycles. The lowest BCUT2D eigenvalue weighted by Gasteiger charge is -2.32. The Kier molecular flexibility index (Phi) is 8.56.